The molecule has 0 bridgehead atoms. The van der Waals surface area contributed by atoms with Crippen LogP contribution in [0.2, 0.25) is 0 Å². The molecule has 0 saturated heterocycles. The molecule has 34 heavy (non-hydrogen) atoms. The minimum absolute atomic E-state index is 0.00570. The number of benzene rings is 2. The van der Waals surface area contributed by atoms with Crippen molar-refractivity contribution in [2.24, 2.45) is 5.92 Å². The number of alkyl carbamates (subject to hydrolysis) is 1. The van der Waals surface area contributed by atoms with Crippen molar-refractivity contribution >= 4 is 22.9 Å². The lowest BCUT2D eigenvalue weighted by Crippen LogP contribution is -2.38. The zero-order valence-corrected chi connectivity index (χ0v) is 19.9. The van der Waals surface area contributed by atoms with Gasteiger partial charge in [0.25, 0.3) is 5.91 Å². The van der Waals surface area contributed by atoms with Gasteiger partial charge < -0.3 is 25.5 Å². The van der Waals surface area contributed by atoms with Crippen LogP contribution in [0.1, 0.15) is 44.6 Å². The number of aromatic amines is 1. The van der Waals surface area contributed by atoms with Crippen LogP contribution in [0.15, 0.2) is 48.5 Å². The summed E-state index contributed by atoms with van der Waals surface area (Å²) in [5.41, 5.74) is 2.45. The van der Waals surface area contributed by atoms with Crippen LogP contribution in [-0.4, -0.2) is 46.9 Å². The van der Waals surface area contributed by atoms with Crippen molar-refractivity contribution in [3.63, 3.8) is 0 Å². The van der Waals surface area contributed by atoms with Crippen LogP contribution in [0.3, 0.4) is 0 Å². The first kappa shape index (κ1) is 25.2. The van der Waals surface area contributed by atoms with E-state index >= 15 is 0 Å². The molecule has 2 amide bonds. The fourth-order valence-corrected chi connectivity index (χ4v) is 3.58. The number of aliphatic hydroxyl groups is 1. The highest BCUT2D eigenvalue weighted by Crippen LogP contribution is 2.25. The normalized spacial score (nSPS) is 13.4. The van der Waals surface area contributed by atoms with E-state index in [1.54, 1.807) is 39.0 Å². The third kappa shape index (κ3) is 7.31. The molecule has 8 heteroatoms. The Morgan fingerprint density at radius 3 is 2.38 bits per heavy atom. The molecule has 2 atom stereocenters. The molecule has 3 rings (SSSR count). The Hall–Kier alpha value is -3.39. The zero-order chi connectivity index (χ0) is 24.9. The number of hydrogen-bond donors (Lipinski definition) is 4. The quantitative estimate of drug-likeness (QED) is 0.387. The van der Waals surface area contributed by atoms with Crippen molar-refractivity contribution in [3.8, 4) is 11.1 Å². The summed E-state index contributed by atoms with van der Waals surface area (Å²) >= 11 is 0. The number of halogens is 1. The summed E-state index contributed by atoms with van der Waals surface area (Å²) in [6.07, 6.45) is -0.921. The lowest BCUT2D eigenvalue weighted by molar-refractivity contribution is 0.0481. The van der Waals surface area contributed by atoms with E-state index in [1.807, 2.05) is 25.1 Å². The Bertz CT molecular complexity index is 1140. The highest BCUT2D eigenvalue weighted by molar-refractivity contribution is 5.98. The molecular weight excluding hydrogens is 437 g/mol. The molecule has 0 fully saturated rings. The third-order valence-corrected chi connectivity index (χ3v) is 5.21. The maximum absolute atomic E-state index is 13.2. The van der Waals surface area contributed by atoms with Crippen LogP contribution >= 0.6 is 0 Å². The number of aliphatic hydroxyl groups excluding tert-OH is 1. The zero-order valence-electron chi connectivity index (χ0n) is 19.9. The van der Waals surface area contributed by atoms with Gasteiger partial charge in [0.15, 0.2) is 0 Å². The molecule has 0 saturated carbocycles. The predicted octanol–water partition coefficient (Wildman–Crippen LogP) is 4.62. The number of H-pyrrole nitrogens is 1. The molecule has 0 aliphatic heterocycles. The molecule has 7 nitrogen and oxygen atoms in total. The first-order valence-electron chi connectivity index (χ1n) is 11.3. The molecule has 0 aliphatic rings. The highest BCUT2D eigenvalue weighted by atomic mass is 19.1. The van der Waals surface area contributed by atoms with Crippen LogP contribution in [0.25, 0.3) is 22.0 Å². The second-order valence-electron chi connectivity index (χ2n) is 9.58. The summed E-state index contributed by atoms with van der Waals surface area (Å²) in [7, 11) is 0. The molecule has 2 aromatic carbocycles. The second-order valence-corrected chi connectivity index (χ2v) is 9.58. The summed E-state index contributed by atoms with van der Waals surface area (Å²) < 4.78 is 18.3. The molecule has 0 aliphatic carbocycles. The number of hydrogen-bond acceptors (Lipinski definition) is 4. The minimum Gasteiger partial charge on any atom is -0.444 e. The van der Waals surface area contributed by atoms with Gasteiger partial charge in [-0.3, -0.25) is 4.79 Å². The van der Waals surface area contributed by atoms with Crippen molar-refractivity contribution in [2.45, 2.75) is 45.8 Å². The van der Waals surface area contributed by atoms with Crippen molar-refractivity contribution < 1.29 is 23.8 Å². The molecule has 0 spiro atoms. The van der Waals surface area contributed by atoms with E-state index < -0.39 is 17.8 Å². The molecule has 0 radical (unpaired) electrons. The van der Waals surface area contributed by atoms with Crippen LogP contribution in [-0.2, 0) is 4.74 Å². The standard InChI is InChI=1S/C26H32FN3O4/c1-16(11-21(31)15-29-25(33)34-26(2,3)4)14-28-24(32)23-13-19-6-5-18(12-22(19)30-23)17-7-9-20(27)10-8-17/h5-10,12-13,16,21,30-31H,11,14-15H2,1-4H3,(H,28,32)(H,29,33)/t16-,21?/m0/s1. The summed E-state index contributed by atoms with van der Waals surface area (Å²) in [5.74, 6) is -0.536. The number of ether oxygens (including phenoxy) is 1. The lowest BCUT2D eigenvalue weighted by Gasteiger charge is -2.21. The predicted molar refractivity (Wildman–Crippen MR) is 130 cm³/mol. The molecule has 1 aromatic heterocycles. The van der Waals surface area contributed by atoms with Crippen molar-refractivity contribution in [1.82, 2.24) is 15.6 Å². The van der Waals surface area contributed by atoms with E-state index in [2.05, 4.69) is 15.6 Å². The van der Waals surface area contributed by atoms with Gasteiger partial charge in [0.05, 0.1) is 6.10 Å². The summed E-state index contributed by atoms with van der Waals surface area (Å²) in [6.45, 7) is 7.67. The number of aromatic nitrogens is 1. The van der Waals surface area contributed by atoms with Gasteiger partial charge in [0.2, 0.25) is 0 Å². The average Bonchev–Trinajstić information content (AvgIpc) is 3.19. The van der Waals surface area contributed by atoms with Gasteiger partial charge in [-0.05, 0) is 68.5 Å². The summed E-state index contributed by atoms with van der Waals surface area (Å²) in [6, 6.07) is 13.8. The number of rotatable bonds is 8. The van der Waals surface area contributed by atoms with E-state index in [9.17, 15) is 19.1 Å². The maximum atomic E-state index is 13.2. The minimum atomic E-state index is -0.752. The number of fused-ring (bicyclic) bond motifs is 1. The van der Waals surface area contributed by atoms with Crippen molar-refractivity contribution in [2.75, 3.05) is 13.1 Å². The Balaban J connectivity index is 1.50. The fraction of sp³-hybridized carbons (Fsp3) is 0.385. The molecule has 1 heterocycles. The first-order chi connectivity index (χ1) is 16.0. The van der Waals surface area contributed by atoms with Crippen LogP contribution < -0.4 is 10.6 Å². The van der Waals surface area contributed by atoms with Gasteiger partial charge in [-0.2, -0.15) is 0 Å². The van der Waals surface area contributed by atoms with E-state index in [0.29, 0.717) is 18.7 Å². The number of carbonyl (C=O) groups is 2. The van der Waals surface area contributed by atoms with Gasteiger partial charge in [0, 0.05) is 24.0 Å². The third-order valence-electron chi connectivity index (χ3n) is 5.21. The summed E-state index contributed by atoms with van der Waals surface area (Å²) in [4.78, 5) is 27.5. The molecule has 1 unspecified atom stereocenters. The van der Waals surface area contributed by atoms with E-state index in [-0.39, 0.29) is 24.2 Å². The van der Waals surface area contributed by atoms with Crippen LogP contribution in [0.4, 0.5) is 9.18 Å². The van der Waals surface area contributed by atoms with E-state index in [1.165, 1.54) is 12.1 Å². The summed E-state index contributed by atoms with van der Waals surface area (Å²) in [5, 5.41) is 16.5. The van der Waals surface area contributed by atoms with Crippen molar-refractivity contribution in [1.29, 1.82) is 0 Å². The Kier molecular flexibility index (Phi) is 7.94. The van der Waals surface area contributed by atoms with Crippen molar-refractivity contribution in [3.05, 3.63) is 60.0 Å². The molecular formula is C26H32FN3O4. The fourth-order valence-electron chi connectivity index (χ4n) is 3.58. The maximum Gasteiger partial charge on any atom is 0.407 e. The Morgan fingerprint density at radius 2 is 1.71 bits per heavy atom. The Morgan fingerprint density at radius 1 is 1.03 bits per heavy atom. The topological polar surface area (TPSA) is 103 Å². The van der Waals surface area contributed by atoms with E-state index in [4.69, 9.17) is 4.74 Å². The van der Waals surface area contributed by atoms with E-state index in [0.717, 1.165) is 22.0 Å². The van der Waals surface area contributed by atoms with Gasteiger partial charge in [0.1, 0.15) is 17.1 Å². The second kappa shape index (κ2) is 10.7. The monoisotopic (exact) mass is 469 g/mol. The number of carbonyl (C=O) groups excluding carboxylic acids is 2. The number of nitrogens with one attached hydrogen (secondary N) is 3. The first-order valence-corrected chi connectivity index (χ1v) is 11.3. The molecule has 3 aromatic rings. The molecule has 182 valence electrons. The SMILES string of the molecule is C[C@H](CNC(=O)c1cc2ccc(-c3ccc(F)cc3)cc2[nH]1)CC(O)CNC(=O)OC(C)(C)C. The molecule has 4 N–H and O–H groups in total. The largest absolute Gasteiger partial charge is 0.444 e. The Labute approximate surface area is 198 Å². The number of amides is 2. The van der Waals surface area contributed by atoms with Gasteiger partial charge in [-0.15, -0.1) is 0 Å². The van der Waals surface area contributed by atoms with Gasteiger partial charge >= 0.3 is 6.09 Å². The highest BCUT2D eigenvalue weighted by Gasteiger charge is 2.18. The van der Waals surface area contributed by atoms with Crippen LogP contribution in [0.5, 0.6) is 0 Å². The van der Waals surface area contributed by atoms with Gasteiger partial charge in [-0.1, -0.05) is 31.2 Å². The lowest BCUT2D eigenvalue weighted by atomic mass is 10.0. The smallest absolute Gasteiger partial charge is 0.407 e. The average molecular weight is 470 g/mol. The van der Waals surface area contributed by atoms with Gasteiger partial charge in [-0.25, -0.2) is 9.18 Å². The van der Waals surface area contributed by atoms with Crippen LogP contribution in [0, 0.1) is 11.7 Å².